The van der Waals surface area contributed by atoms with E-state index in [0.717, 1.165) is 24.8 Å². The monoisotopic (exact) mass is 409 g/mol. The van der Waals surface area contributed by atoms with Gasteiger partial charge in [-0.25, -0.2) is 9.48 Å². The molecule has 2 aromatic rings. The van der Waals surface area contributed by atoms with E-state index in [1.165, 1.54) is 32.7 Å². The Morgan fingerprint density at radius 1 is 1.44 bits per heavy atom. The molecule has 0 fully saturated rings. The highest BCUT2D eigenvalue weighted by atomic mass is 32.2. The Labute approximate surface area is 166 Å². The summed E-state index contributed by atoms with van der Waals surface area (Å²) < 4.78 is 6.93. The van der Waals surface area contributed by atoms with Crippen LogP contribution in [0.25, 0.3) is 0 Å². The number of thioether (sulfide) groups is 1. The van der Waals surface area contributed by atoms with Crippen LogP contribution in [0.3, 0.4) is 0 Å². The number of rotatable bonds is 6. The standard InChI is InChI=1S/C17H23N5O3S2/c1-9(2)25-16(24)14-11-6-5-10(3)7-12(11)27-15(14)18-13(23)8-26-17-19-20-21-22(17)4/h9-10H,5-8H2,1-4H3,(H,18,23)/t10-/m1/s1. The molecule has 0 aliphatic heterocycles. The third kappa shape index (κ3) is 4.67. The molecule has 10 heteroatoms. The van der Waals surface area contributed by atoms with Gasteiger partial charge >= 0.3 is 5.97 Å². The molecule has 8 nitrogen and oxygen atoms in total. The molecule has 1 atom stereocenters. The zero-order valence-corrected chi connectivity index (χ0v) is 17.4. The number of fused-ring (bicyclic) bond motifs is 1. The van der Waals surface area contributed by atoms with Crippen molar-refractivity contribution in [3.8, 4) is 0 Å². The van der Waals surface area contributed by atoms with Crippen LogP contribution in [0.1, 0.15) is 48.0 Å². The summed E-state index contributed by atoms with van der Waals surface area (Å²) in [5, 5.41) is 15.2. The first-order chi connectivity index (χ1) is 12.8. The summed E-state index contributed by atoms with van der Waals surface area (Å²) >= 11 is 2.73. The third-order valence-electron chi connectivity index (χ3n) is 4.23. The normalized spacial score (nSPS) is 16.3. The fourth-order valence-electron chi connectivity index (χ4n) is 2.96. The van der Waals surface area contributed by atoms with Gasteiger partial charge < -0.3 is 10.1 Å². The molecule has 1 N–H and O–H groups in total. The molecule has 2 aromatic heterocycles. The van der Waals surface area contributed by atoms with Crippen LogP contribution >= 0.6 is 23.1 Å². The Morgan fingerprint density at radius 3 is 2.89 bits per heavy atom. The van der Waals surface area contributed by atoms with Gasteiger partial charge in [-0.15, -0.1) is 16.4 Å². The zero-order valence-electron chi connectivity index (χ0n) is 15.8. The van der Waals surface area contributed by atoms with Gasteiger partial charge in [-0.1, -0.05) is 18.7 Å². The number of nitrogens with one attached hydrogen (secondary N) is 1. The second-order valence-corrected chi connectivity index (χ2v) is 8.98. The molecule has 3 rings (SSSR count). The molecule has 27 heavy (non-hydrogen) atoms. The highest BCUT2D eigenvalue weighted by molar-refractivity contribution is 7.99. The van der Waals surface area contributed by atoms with Gasteiger partial charge in [0.1, 0.15) is 5.00 Å². The predicted molar refractivity (Wildman–Crippen MR) is 104 cm³/mol. The smallest absolute Gasteiger partial charge is 0.341 e. The summed E-state index contributed by atoms with van der Waals surface area (Å²) in [5.74, 6) is 0.171. The van der Waals surface area contributed by atoms with Crippen LogP contribution in [-0.2, 0) is 29.4 Å². The van der Waals surface area contributed by atoms with Crippen molar-refractivity contribution in [1.82, 2.24) is 20.2 Å². The fraction of sp³-hybridized carbons (Fsp3) is 0.588. The maximum atomic E-state index is 12.7. The van der Waals surface area contributed by atoms with Crippen molar-refractivity contribution < 1.29 is 14.3 Å². The molecule has 0 unspecified atom stereocenters. The summed E-state index contributed by atoms with van der Waals surface area (Å²) in [5.41, 5.74) is 1.55. The predicted octanol–water partition coefficient (Wildman–Crippen LogP) is 2.69. The lowest BCUT2D eigenvalue weighted by Gasteiger charge is -2.18. The first-order valence-corrected chi connectivity index (χ1v) is 10.7. The molecule has 0 saturated carbocycles. The number of amides is 1. The number of aryl methyl sites for hydroxylation is 1. The van der Waals surface area contributed by atoms with Crippen molar-refractivity contribution in [3.63, 3.8) is 0 Å². The molecule has 0 spiro atoms. The number of carbonyl (C=O) groups excluding carboxylic acids is 2. The second-order valence-electron chi connectivity index (χ2n) is 6.93. The number of esters is 1. The maximum Gasteiger partial charge on any atom is 0.341 e. The molecule has 2 heterocycles. The van der Waals surface area contributed by atoms with E-state index in [1.54, 1.807) is 7.05 Å². The minimum Gasteiger partial charge on any atom is -0.459 e. The Morgan fingerprint density at radius 2 is 2.22 bits per heavy atom. The number of carbonyl (C=O) groups is 2. The van der Waals surface area contributed by atoms with E-state index in [9.17, 15) is 9.59 Å². The fourth-order valence-corrected chi connectivity index (χ4v) is 5.03. The average molecular weight is 410 g/mol. The van der Waals surface area contributed by atoms with Crippen LogP contribution in [0.2, 0.25) is 0 Å². The minimum atomic E-state index is -0.363. The van der Waals surface area contributed by atoms with Gasteiger partial charge in [0.25, 0.3) is 0 Å². The van der Waals surface area contributed by atoms with Gasteiger partial charge in [0.05, 0.1) is 17.4 Å². The Hall–Kier alpha value is -1.94. The molecule has 1 aliphatic rings. The maximum absolute atomic E-state index is 12.7. The van der Waals surface area contributed by atoms with Crippen molar-refractivity contribution in [3.05, 3.63) is 16.0 Å². The van der Waals surface area contributed by atoms with Crippen LogP contribution in [0.5, 0.6) is 0 Å². The van der Waals surface area contributed by atoms with Crippen LogP contribution in [0.15, 0.2) is 5.16 Å². The van der Waals surface area contributed by atoms with Crippen LogP contribution in [0.4, 0.5) is 5.00 Å². The first kappa shape index (κ1) is 19.8. The van der Waals surface area contributed by atoms with Crippen LogP contribution in [-0.4, -0.2) is 43.9 Å². The van der Waals surface area contributed by atoms with E-state index in [1.807, 2.05) is 13.8 Å². The zero-order chi connectivity index (χ0) is 19.6. The summed E-state index contributed by atoms with van der Waals surface area (Å²) in [6.07, 6.45) is 2.59. The van der Waals surface area contributed by atoms with E-state index in [-0.39, 0.29) is 23.7 Å². The molecule has 0 aromatic carbocycles. The van der Waals surface area contributed by atoms with Gasteiger partial charge in [-0.2, -0.15) is 0 Å². The Bertz CT molecular complexity index is 846. The Kier molecular flexibility index (Phi) is 6.15. The topological polar surface area (TPSA) is 99.0 Å². The van der Waals surface area contributed by atoms with Crippen molar-refractivity contribution in [1.29, 1.82) is 0 Å². The number of tetrazole rings is 1. The summed E-state index contributed by atoms with van der Waals surface area (Å²) in [6, 6.07) is 0. The second kappa shape index (κ2) is 8.39. The van der Waals surface area contributed by atoms with E-state index in [4.69, 9.17) is 4.74 Å². The lowest BCUT2D eigenvalue weighted by atomic mass is 9.88. The number of hydrogen-bond acceptors (Lipinski definition) is 8. The van der Waals surface area contributed by atoms with Gasteiger partial charge in [0, 0.05) is 11.9 Å². The number of nitrogens with zero attached hydrogens (tertiary/aromatic N) is 4. The van der Waals surface area contributed by atoms with Crippen LogP contribution in [0, 0.1) is 5.92 Å². The first-order valence-electron chi connectivity index (χ1n) is 8.85. The highest BCUT2D eigenvalue weighted by Gasteiger charge is 2.29. The van der Waals surface area contributed by atoms with Crippen molar-refractivity contribution in [2.24, 2.45) is 13.0 Å². The molecule has 0 saturated heterocycles. The number of ether oxygens (including phenoxy) is 1. The largest absolute Gasteiger partial charge is 0.459 e. The molecule has 1 aliphatic carbocycles. The van der Waals surface area contributed by atoms with Gasteiger partial charge in [-0.3, -0.25) is 4.79 Å². The summed E-state index contributed by atoms with van der Waals surface area (Å²) in [4.78, 5) is 26.3. The van der Waals surface area contributed by atoms with E-state index in [2.05, 4.69) is 27.8 Å². The number of anilines is 1. The van der Waals surface area contributed by atoms with Crippen molar-refractivity contribution >= 4 is 40.0 Å². The lowest BCUT2D eigenvalue weighted by Crippen LogP contribution is -2.19. The van der Waals surface area contributed by atoms with Crippen molar-refractivity contribution in [2.45, 2.75) is 51.3 Å². The van der Waals surface area contributed by atoms with Gasteiger partial charge in [0.2, 0.25) is 11.1 Å². The highest BCUT2D eigenvalue weighted by Crippen LogP contribution is 2.40. The van der Waals surface area contributed by atoms with Crippen LogP contribution < -0.4 is 5.32 Å². The third-order valence-corrected chi connectivity index (χ3v) is 6.41. The molecule has 1 amide bonds. The molecular weight excluding hydrogens is 386 g/mol. The number of thiophene rings is 1. The van der Waals surface area contributed by atoms with Gasteiger partial charge in [0.15, 0.2) is 0 Å². The average Bonchev–Trinajstić information content (AvgIpc) is 3.14. The van der Waals surface area contributed by atoms with E-state index < -0.39 is 0 Å². The molecule has 0 bridgehead atoms. The number of aromatic nitrogens is 4. The van der Waals surface area contributed by atoms with E-state index in [0.29, 0.717) is 21.6 Å². The molecule has 0 radical (unpaired) electrons. The number of hydrogen-bond donors (Lipinski definition) is 1. The van der Waals surface area contributed by atoms with Crippen molar-refractivity contribution in [2.75, 3.05) is 11.1 Å². The molecule has 146 valence electrons. The Balaban J connectivity index is 1.78. The summed E-state index contributed by atoms with van der Waals surface area (Å²) in [7, 11) is 1.72. The van der Waals surface area contributed by atoms with Gasteiger partial charge in [-0.05, 0) is 55.0 Å². The SMILES string of the molecule is CC(C)OC(=O)c1c(NC(=O)CSc2nnnn2C)sc2c1CC[C@@H](C)C2. The summed E-state index contributed by atoms with van der Waals surface area (Å²) in [6.45, 7) is 5.85. The molecular formula is C17H23N5O3S2. The minimum absolute atomic E-state index is 0.159. The lowest BCUT2D eigenvalue weighted by molar-refractivity contribution is -0.113. The van der Waals surface area contributed by atoms with E-state index >= 15 is 0 Å². The quantitative estimate of drug-likeness (QED) is 0.578.